The van der Waals surface area contributed by atoms with Crippen LogP contribution in [0, 0.1) is 11.8 Å². The first-order valence-corrected chi connectivity index (χ1v) is 8.88. The third-order valence-electron chi connectivity index (χ3n) is 3.13. The summed E-state index contributed by atoms with van der Waals surface area (Å²) in [6.07, 6.45) is 0. The lowest BCUT2D eigenvalue weighted by molar-refractivity contribution is 0.330. The van der Waals surface area contributed by atoms with Gasteiger partial charge >= 0.3 is 0 Å². The van der Waals surface area contributed by atoms with Crippen molar-refractivity contribution in [3.8, 4) is 11.5 Å². The highest BCUT2D eigenvalue weighted by Gasteiger charge is 2.29. The molecule has 0 aliphatic heterocycles. The normalized spacial score (nSPS) is 12.2. The minimum absolute atomic E-state index is 0.178. The maximum absolute atomic E-state index is 13.0. The molecule has 0 saturated carbocycles. The van der Waals surface area contributed by atoms with Gasteiger partial charge in [-0.05, 0) is 24.0 Å². The highest BCUT2D eigenvalue weighted by atomic mass is 32.2. The molecule has 0 fully saturated rings. The zero-order valence-corrected chi connectivity index (χ0v) is 15.1. The van der Waals surface area contributed by atoms with Crippen molar-refractivity contribution in [1.82, 2.24) is 4.31 Å². The Morgan fingerprint density at radius 2 is 1.55 bits per heavy atom. The number of hydrogen-bond donors (Lipinski definition) is 0. The van der Waals surface area contributed by atoms with Gasteiger partial charge in [0.2, 0.25) is 10.0 Å². The molecule has 0 aliphatic rings. The summed E-state index contributed by atoms with van der Waals surface area (Å²) in [7, 11) is -0.610. The van der Waals surface area contributed by atoms with Crippen molar-refractivity contribution in [2.45, 2.75) is 32.6 Å². The van der Waals surface area contributed by atoms with Crippen molar-refractivity contribution in [3.05, 3.63) is 18.2 Å². The number of rotatable bonds is 8. The molecule has 0 amide bonds. The van der Waals surface area contributed by atoms with Crippen molar-refractivity contribution in [2.75, 3.05) is 27.3 Å². The van der Waals surface area contributed by atoms with Crippen LogP contribution in [-0.4, -0.2) is 40.0 Å². The fourth-order valence-electron chi connectivity index (χ4n) is 2.21. The van der Waals surface area contributed by atoms with E-state index in [1.807, 2.05) is 27.7 Å². The lowest BCUT2D eigenvalue weighted by atomic mass is 10.2. The van der Waals surface area contributed by atoms with E-state index in [4.69, 9.17) is 9.47 Å². The van der Waals surface area contributed by atoms with E-state index in [9.17, 15) is 8.42 Å². The highest BCUT2D eigenvalue weighted by Crippen LogP contribution is 2.31. The van der Waals surface area contributed by atoms with Crippen LogP contribution in [0.2, 0.25) is 0 Å². The maximum atomic E-state index is 13.0. The number of ether oxygens (including phenoxy) is 2. The van der Waals surface area contributed by atoms with Gasteiger partial charge in [0.15, 0.2) is 0 Å². The van der Waals surface area contributed by atoms with Gasteiger partial charge in [-0.25, -0.2) is 8.42 Å². The highest BCUT2D eigenvalue weighted by molar-refractivity contribution is 7.89. The van der Waals surface area contributed by atoms with E-state index in [1.54, 1.807) is 18.2 Å². The van der Waals surface area contributed by atoms with Crippen LogP contribution in [0.3, 0.4) is 0 Å². The second kappa shape index (κ2) is 7.83. The van der Waals surface area contributed by atoms with Gasteiger partial charge < -0.3 is 9.47 Å². The number of methoxy groups -OCH3 is 2. The Morgan fingerprint density at radius 1 is 1.00 bits per heavy atom. The first-order valence-electron chi connectivity index (χ1n) is 7.44. The Balaban J connectivity index is 3.29. The molecule has 0 atom stereocenters. The van der Waals surface area contributed by atoms with E-state index in [2.05, 4.69) is 0 Å². The molecule has 1 aromatic carbocycles. The summed E-state index contributed by atoms with van der Waals surface area (Å²) in [6, 6.07) is 4.77. The van der Waals surface area contributed by atoms with Gasteiger partial charge in [-0.2, -0.15) is 4.31 Å². The molecule has 0 heterocycles. The van der Waals surface area contributed by atoms with Crippen LogP contribution in [0.1, 0.15) is 27.7 Å². The molecule has 0 radical (unpaired) electrons. The Hall–Kier alpha value is -1.27. The molecule has 22 heavy (non-hydrogen) atoms. The van der Waals surface area contributed by atoms with E-state index in [1.165, 1.54) is 18.5 Å². The number of nitrogens with zero attached hydrogens (tertiary/aromatic N) is 1. The van der Waals surface area contributed by atoms with Crippen LogP contribution in [0.25, 0.3) is 0 Å². The van der Waals surface area contributed by atoms with Crippen LogP contribution < -0.4 is 9.47 Å². The SMILES string of the molecule is COc1ccc(S(=O)(=O)N(CC(C)C)CC(C)C)c(OC)c1. The predicted molar refractivity (Wildman–Crippen MR) is 88.0 cm³/mol. The van der Waals surface area contributed by atoms with Crippen molar-refractivity contribution in [1.29, 1.82) is 0 Å². The van der Waals surface area contributed by atoms with Gasteiger partial charge in [-0.3, -0.25) is 0 Å². The van der Waals surface area contributed by atoms with Gasteiger partial charge in [0.1, 0.15) is 16.4 Å². The topological polar surface area (TPSA) is 55.8 Å². The Kier molecular flexibility index (Phi) is 6.68. The largest absolute Gasteiger partial charge is 0.497 e. The molecule has 1 rings (SSSR count). The van der Waals surface area contributed by atoms with Crippen molar-refractivity contribution < 1.29 is 17.9 Å². The van der Waals surface area contributed by atoms with Gasteiger partial charge in [0, 0.05) is 19.2 Å². The minimum atomic E-state index is -3.61. The second-order valence-electron chi connectivity index (χ2n) is 6.13. The van der Waals surface area contributed by atoms with Gasteiger partial charge in [-0.1, -0.05) is 27.7 Å². The molecule has 6 heteroatoms. The average molecular weight is 329 g/mol. The summed E-state index contributed by atoms with van der Waals surface area (Å²) >= 11 is 0. The lowest BCUT2D eigenvalue weighted by Crippen LogP contribution is -2.37. The minimum Gasteiger partial charge on any atom is -0.497 e. The number of hydrogen-bond acceptors (Lipinski definition) is 4. The third-order valence-corrected chi connectivity index (χ3v) is 5.00. The molecule has 0 spiro atoms. The summed E-state index contributed by atoms with van der Waals surface area (Å²) in [6.45, 7) is 9.00. The Labute approximate surface area is 134 Å². The van der Waals surface area contributed by atoms with E-state index in [0.29, 0.717) is 24.6 Å². The fourth-order valence-corrected chi connectivity index (χ4v) is 4.12. The second-order valence-corrected chi connectivity index (χ2v) is 8.03. The van der Waals surface area contributed by atoms with Crippen LogP contribution in [-0.2, 0) is 10.0 Å². The Bertz CT molecular complexity index is 572. The van der Waals surface area contributed by atoms with Gasteiger partial charge in [0.25, 0.3) is 0 Å². The van der Waals surface area contributed by atoms with E-state index in [0.717, 1.165) is 0 Å². The van der Waals surface area contributed by atoms with Crippen LogP contribution in [0.5, 0.6) is 11.5 Å². The molecule has 126 valence electrons. The fraction of sp³-hybridized carbons (Fsp3) is 0.625. The standard InChI is InChI=1S/C16H27NO4S/c1-12(2)10-17(11-13(3)4)22(18,19)16-8-7-14(20-5)9-15(16)21-6/h7-9,12-13H,10-11H2,1-6H3. The molecule has 0 saturated heterocycles. The lowest BCUT2D eigenvalue weighted by Gasteiger charge is -2.26. The van der Waals surface area contributed by atoms with Crippen LogP contribution >= 0.6 is 0 Å². The molecule has 1 aromatic rings. The summed E-state index contributed by atoms with van der Waals surface area (Å²) in [4.78, 5) is 0.178. The number of sulfonamides is 1. The molecule has 0 aliphatic carbocycles. The summed E-state index contributed by atoms with van der Waals surface area (Å²) in [5.74, 6) is 1.36. The molecular formula is C16H27NO4S. The van der Waals surface area contributed by atoms with Gasteiger partial charge in [-0.15, -0.1) is 0 Å². The summed E-state index contributed by atoms with van der Waals surface area (Å²) < 4.78 is 37.9. The van der Waals surface area contributed by atoms with E-state index in [-0.39, 0.29) is 16.7 Å². The molecule has 0 N–H and O–H groups in total. The molecule has 0 aromatic heterocycles. The molecule has 0 bridgehead atoms. The van der Waals surface area contributed by atoms with Crippen molar-refractivity contribution >= 4 is 10.0 Å². The average Bonchev–Trinajstić information content (AvgIpc) is 2.44. The number of benzene rings is 1. The van der Waals surface area contributed by atoms with Crippen LogP contribution in [0.15, 0.2) is 23.1 Å². The summed E-state index contributed by atoms with van der Waals surface area (Å²) in [5, 5.41) is 0. The monoisotopic (exact) mass is 329 g/mol. The van der Waals surface area contributed by atoms with E-state index >= 15 is 0 Å². The van der Waals surface area contributed by atoms with E-state index < -0.39 is 10.0 Å². The molecule has 0 unspecified atom stereocenters. The zero-order valence-electron chi connectivity index (χ0n) is 14.3. The third kappa shape index (κ3) is 4.61. The van der Waals surface area contributed by atoms with Crippen molar-refractivity contribution in [3.63, 3.8) is 0 Å². The molecule has 5 nitrogen and oxygen atoms in total. The first-order chi connectivity index (χ1) is 10.2. The molecular weight excluding hydrogens is 302 g/mol. The quantitative estimate of drug-likeness (QED) is 0.736. The maximum Gasteiger partial charge on any atom is 0.246 e. The smallest absolute Gasteiger partial charge is 0.246 e. The zero-order chi connectivity index (χ0) is 16.9. The Morgan fingerprint density at radius 3 is 1.95 bits per heavy atom. The predicted octanol–water partition coefficient (Wildman–Crippen LogP) is 3.01. The first kappa shape index (κ1) is 18.8. The van der Waals surface area contributed by atoms with Crippen LogP contribution in [0.4, 0.5) is 0 Å². The van der Waals surface area contributed by atoms with Gasteiger partial charge in [0.05, 0.1) is 14.2 Å². The van der Waals surface area contributed by atoms with Crippen molar-refractivity contribution in [2.24, 2.45) is 11.8 Å². The summed E-state index contributed by atoms with van der Waals surface area (Å²) in [5.41, 5.74) is 0.